The van der Waals surface area contributed by atoms with Gasteiger partial charge in [0, 0.05) is 36.2 Å². The van der Waals surface area contributed by atoms with Crippen molar-refractivity contribution in [1.29, 1.82) is 0 Å². The number of methoxy groups -OCH3 is 1. The van der Waals surface area contributed by atoms with Crippen LogP contribution >= 0.6 is 0 Å². The molecule has 1 aliphatic heterocycles. The molecule has 0 bridgehead atoms. The van der Waals surface area contributed by atoms with Gasteiger partial charge >= 0.3 is 0 Å². The zero-order valence-corrected chi connectivity index (χ0v) is 15.5. The predicted molar refractivity (Wildman–Crippen MR) is 104 cm³/mol. The van der Waals surface area contributed by atoms with E-state index in [1.165, 1.54) is 0 Å². The summed E-state index contributed by atoms with van der Waals surface area (Å²) in [5.74, 6) is 1.60. The zero-order valence-electron chi connectivity index (χ0n) is 15.5. The number of hydrogen-bond donors (Lipinski definition) is 0. The summed E-state index contributed by atoms with van der Waals surface area (Å²) in [6.45, 7) is 3.10. The van der Waals surface area contributed by atoms with Crippen molar-refractivity contribution in [2.75, 3.05) is 13.7 Å². The number of nitrogens with zero attached hydrogens (tertiary/aromatic N) is 3. The lowest BCUT2D eigenvalue weighted by molar-refractivity contribution is 0.0733. The number of fused-ring (bicyclic) bond motifs is 1. The third-order valence-electron chi connectivity index (χ3n) is 4.84. The number of hydrogen-bond acceptors (Lipinski definition) is 4. The molecule has 1 amide bonds. The van der Waals surface area contributed by atoms with Crippen LogP contribution in [0, 0.1) is 6.92 Å². The molecule has 0 atom stereocenters. The van der Waals surface area contributed by atoms with Gasteiger partial charge in [-0.25, -0.2) is 9.97 Å². The third-order valence-corrected chi connectivity index (χ3v) is 4.84. The summed E-state index contributed by atoms with van der Waals surface area (Å²) < 4.78 is 5.25. The Morgan fingerprint density at radius 3 is 2.48 bits per heavy atom. The first-order valence-corrected chi connectivity index (χ1v) is 9.01. The van der Waals surface area contributed by atoms with Gasteiger partial charge in [0.2, 0.25) is 0 Å². The molecule has 0 saturated carbocycles. The molecule has 136 valence electrons. The molecule has 5 nitrogen and oxygen atoms in total. The van der Waals surface area contributed by atoms with Gasteiger partial charge in [-0.1, -0.05) is 18.2 Å². The quantitative estimate of drug-likeness (QED) is 0.716. The fraction of sp³-hybridized carbons (Fsp3) is 0.227. The smallest absolute Gasteiger partial charge is 0.254 e. The van der Waals surface area contributed by atoms with Crippen molar-refractivity contribution in [1.82, 2.24) is 14.9 Å². The van der Waals surface area contributed by atoms with E-state index in [1.54, 1.807) is 7.11 Å². The van der Waals surface area contributed by atoms with Gasteiger partial charge in [0.25, 0.3) is 5.91 Å². The molecule has 0 spiro atoms. The highest BCUT2D eigenvalue weighted by molar-refractivity contribution is 5.94. The number of ether oxygens (including phenoxy) is 1. The molecule has 0 radical (unpaired) electrons. The van der Waals surface area contributed by atoms with Crippen LogP contribution in [0.15, 0.2) is 54.6 Å². The molecular weight excluding hydrogens is 338 g/mol. The Morgan fingerprint density at radius 1 is 1.04 bits per heavy atom. The van der Waals surface area contributed by atoms with E-state index in [0.717, 1.165) is 40.5 Å². The number of aromatic nitrogens is 2. The first kappa shape index (κ1) is 17.2. The van der Waals surface area contributed by atoms with E-state index >= 15 is 0 Å². The van der Waals surface area contributed by atoms with Gasteiger partial charge in [-0.3, -0.25) is 4.79 Å². The Bertz CT molecular complexity index is 969. The Morgan fingerprint density at radius 2 is 1.78 bits per heavy atom. The molecule has 0 saturated heterocycles. The van der Waals surface area contributed by atoms with Gasteiger partial charge < -0.3 is 9.64 Å². The summed E-state index contributed by atoms with van der Waals surface area (Å²) >= 11 is 0. The van der Waals surface area contributed by atoms with Gasteiger partial charge in [0.1, 0.15) is 11.6 Å². The van der Waals surface area contributed by atoms with Crippen molar-refractivity contribution in [2.24, 2.45) is 0 Å². The zero-order chi connectivity index (χ0) is 18.8. The van der Waals surface area contributed by atoms with Gasteiger partial charge in [-0.2, -0.15) is 0 Å². The normalized spacial score (nSPS) is 13.2. The van der Waals surface area contributed by atoms with Crippen LogP contribution in [0.2, 0.25) is 0 Å². The first-order chi connectivity index (χ1) is 13.2. The number of carbonyl (C=O) groups is 1. The molecule has 5 heteroatoms. The van der Waals surface area contributed by atoms with Crippen LogP contribution in [0.25, 0.3) is 11.3 Å². The van der Waals surface area contributed by atoms with Crippen molar-refractivity contribution in [2.45, 2.75) is 19.9 Å². The minimum Gasteiger partial charge on any atom is -0.497 e. The molecule has 4 rings (SSSR count). The second kappa shape index (κ2) is 7.19. The number of aryl methyl sites for hydroxylation is 1. The molecule has 1 aromatic heterocycles. The number of rotatable bonds is 3. The van der Waals surface area contributed by atoms with Crippen LogP contribution in [0.3, 0.4) is 0 Å². The van der Waals surface area contributed by atoms with Crippen LogP contribution in [-0.4, -0.2) is 34.4 Å². The third kappa shape index (κ3) is 3.40. The maximum atomic E-state index is 12.9. The van der Waals surface area contributed by atoms with Crippen LogP contribution in [0.4, 0.5) is 0 Å². The van der Waals surface area contributed by atoms with E-state index in [2.05, 4.69) is 9.97 Å². The van der Waals surface area contributed by atoms with Crippen molar-refractivity contribution < 1.29 is 9.53 Å². The molecule has 1 aliphatic rings. The van der Waals surface area contributed by atoms with E-state index in [0.29, 0.717) is 18.7 Å². The summed E-state index contributed by atoms with van der Waals surface area (Å²) in [6.07, 6.45) is 0.737. The molecule has 0 unspecified atom stereocenters. The summed E-state index contributed by atoms with van der Waals surface area (Å²) in [5, 5.41) is 0. The Kier molecular flexibility index (Phi) is 4.59. The van der Waals surface area contributed by atoms with Gasteiger partial charge in [-0.15, -0.1) is 0 Å². The lowest BCUT2D eigenvalue weighted by atomic mass is 9.98. The minimum atomic E-state index is 0.0440. The fourth-order valence-corrected chi connectivity index (χ4v) is 3.46. The summed E-state index contributed by atoms with van der Waals surface area (Å²) in [6, 6.07) is 17.3. The molecule has 0 N–H and O–H groups in total. The van der Waals surface area contributed by atoms with E-state index in [1.807, 2.05) is 66.4 Å². The van der Waals surface area contributed by atoms with Crippen molar-refractivity contribution in [3.63, 3.8) is 0 Å². The second-order valence-corrected chi connectivity index (χ2v) is 6.62. The number of amides is 1. The molecule has 2 heterocycles. The van der Waals surface area contributed by atoms with Crippen molar-refractivity contribution >= 4 is 5.91 Å². The van der Waals surface area contributed by atoms with Crippen LogP contribution in [-0.2, 0) is 13.0 Å². The highest BCUT2D eigenvalue weighted by Gasteiger charge is 2.26. The Balaban J connectivity index is 1.70. The molecule has 0 fully saturated rings. The standard InChI is InChI=1S/C22H21N3O2/c1-15-23-20-12-13-25(22(26)17-6-4-3-5-7-17)14-19(20)21(24-15)16-8-10-18(27-2)11-9-16/h3-11H,12-14H2,1-2H3. The fourth-order valence-electron chi connectivity index (χ4n) is 3.46. The van der Waals surface area contributed by atoms with Crippen molar-refractivity contribution in [3.05, 3.63) is 77.2 Å². The first-order valence-electron chi connectivity index (χ1n) is 9.01. The minimum absolute atomic E-state index is 0.0440. The maximum absolute atomic E-state index is 12.9. The molecule has 2 aromatic carbocycles. The number of benzene rings is 2. The molecule has 0 aliphatic carbocycles. The lowest BCUT2D eigenvalue weighted by Crippen LogP contribution is -2.37. The summed E-state index contributed by atoms with van der Waals surface area (Å²) in [4.78, 5) is 24.1. The Labute approximate surface area is 158 Å². The van der Waals surface area contributed by atoms with E-state index < -0.39 is 0 Å². The topological polar surface area (TPSA) is 55.3 Å². The highest BCUT2D eigenvalue weighted by Crippen LogP contribution is 2.30. The molecule has 27 heavy (non-hydrogen) atoms. The van der Waals surface area contributed by atoms with Crippen LogP contribution < -0.4 is 4.74 Å². The summed E-state index contributed by atoms with van der Waals surface area (Å²) in [5.41, 5.74) is 4.67. The Hall–Kier alpha value is -3.21. The predicted octanol–water partition coefficient (Wildman–Crippen LogP) is 3.66. The van der Waals surface area contributed by atoms with Crippen molar-refractivity contribution in [3.8, 4) is 17.0 Å². The SMILES string of the molecule is COc1ccc(-c2nc(C)nc3c2CN(C(=O)c2ccccc2)CC3)cc1. The van der Waals surface area contributed by atoms with Gasteiger partial charge in [0.05, 0.1) is 18.5 Å². The highest BCUT2D eigenvalue weighted by atomic mass is 16.5. The monoisotopic (exact) mass is 359 g/mol. The lowest BCUT2D eigenvalue weighted by Gasteiger charge is -2.29. The van der Waals surface area contributed by atoms with Gasteiger partial charge in [-0.05, 0) is 43.3 Å². The second-order valence-electron chi connectivity index (χ2n) is 6.62. The average molecular weight is 359 g/mol. The summed E-state index contributed by atoms with van der Waals surface area (Å²) in [7, 11) is 1.65. The largest absolute Gasteiger partial charge is 0.497 e. The molecule has 3 aromatic rings. The van der Waals surface area contributed by atoms with Gasteiger partial charge in [0.15, 0.2) is 0 Å². The van der Waals surface area contributed by atoms with E-state index in [9.17, 15) is 4.79 Å². The molecular formula is C22H21N3O2. The maximum Gasteiger partial charge on any atom is 0.254 e. The van der Waals surface area contributed by atoms with E-state index in [-0.39, 0.29) is 5.91 Å². The van der Waals surface area contributed by atoms with Crippen LogP contribution in [0.1, 0.15) is 27.4 Å². The average Bonchev–Trinajstić information content (AvgIpc) is 2.73. The number of carbonyl (C=O) groups excluding carboxylic acids is 1. The van der Waals surface area contributed by atoms with E-state index in [4.69, 9.17) is 4.74 Å². The van der Waals surface area contributed by atoms with Crippen LogP contribution in [0.5, 0.6) is 5.75 Å².